The highest BCUT2D eigenvalue weighted by Crippen LogP contribution is 2.30. The van der Waals surface area contributed by atoms with Crippen molar-refractivity contribution in [1.29, 1.82) is 0 Å². The molecule has 0 bridgehead atoms. The SMILES string of the molecule is C=CC(=C)c1cc(-c2ccccc2)cc(-c2ccccc2)c1.CC. The minimum Gasteiger partial charge on any atom is -0.0985 e. The number of allylic oxidation sites excluding steroid dienone is 2. The molecule has 3 rings (SSSR count). The third-order valence-corrected chi connectivity index (χ3v) is 3.76. The molecule has 0 aromatic heterocycles. The zero-order chi connectivity index (χ0) is 17.4. The van der Waals surface area contributed by atoms with E-state index < -0.39 is 0 Å². The van der Waals surface area contributed by atoms with Crippen LogP contribution in [0.15, 0.2) is 98.1 Å². The van der Waals surface area contributed by atoms with E-state index >= 15 is 0 Å². The van der Waals surface area contributed by atoms with E-state index in [9.17, 15) is 0 Å². The fraction of sp³-hybridized carbons (Fsp3) is 0.0833. The van der Waals surface area contributed by atoms with Gasteiger partial charge in [0.1, 0.15) is 0 Å². The van der Waals surface area contributed by atoms with Crippen molar-refractivity contribution >= 4 is 5.57 Å². The lowest BCUT2D eigenvalue weighted by molar-refractivity contribution is 1.50. The summed E-state index contributed by atoms with van der Waals surface area (Å²) in [4.78, 5) is 0. The summed E-state index contributed by atoms with van der Waals surface area (Å²) in [6, 6.07) is 27.4. The van der Waals surface area contributed by atoms with Crippen molar-refractivity contribution < 1.29 is 0 Å². The van der Waals surface area contributed by atoms with Crippen LogP contribution in [0, 0.1) is 0 Å². The first kappa shape index (κ1) is 17.5. The number of hydrogen-bond acceptors (Lipinski definition) is 0. The fourth-order valence-electron chi connectivity index (χ4n) is 2.53. The molecule has 0 aliphatic rings. The van der Waals surface area contributed by atoms with Crippen molar-refractivity contribution in [3.05, 3.63) is 104 Å². The van der Waals surface area contributed by atoms with E-state index in [-0.39, 0.29) is 0 Å². The lowest BCUT2D eigenvalue weighted by Gasteiger charge is -2.11. The Morgan fingerprint density at radius 3 is 1.46 bits per heavy atom. The smallest absolute Gasteiger partial charge is 0.0172 e. The summed E-state index contributed by atoms with van der Waals surface area (Å²) < 4.78 is 0. The van der Waals surface area contributed by atoms with Crippen LogP contribution in [-0.4, -0.2) is 0 Å². The van der Waals surface area contributed by atoms with Crippen LogP contribution >= 0.6 is 0 Å². The first-order valence-electron chi connectivity index (χ1n) is 8.35. The molecular weight excluding hydrogens is 288 g/mol. The van der Waals surface area contributed by atoms with Gasteiger partial charge in [0, 0.05) is 0 Å². The Kier molecular flexibility index (Phi) is 6.33. The van der Waals surface area contributed by atoms with Gasteiger partial charge >= 0.3 is 0 Å². The molecule has 0 unspecified atom stereocenters. The van der Waals surface area contributed by atoms with Gasteiger partial charge < -0.3 is 0 Å². The Balaban J connectivity index is 0.00000100. The predicted octanol–water partition coefficient (Wildman–Crippen LogP) is 7.25. The van der Waals surface area contributed by atoms with Gasteiger partial charge in [0.25, 0.3) is 0 Å². The molecule has 0 aliphatic carbocycles. The molecule has 0 heteroatoms. The zero-order valence-corrected chi connectivity index (χ0v) is 14.5. The second-order valence-corrected chi connectivity index (χ2v) is 5.26. The monoisotopic (exact) mass is 312 g/mol. The second kappa shape index (κ2) is 8.69. The lowest BCUT2D eigenvalue weighted by Crippen LogP contribution is -1.87. The normalized spacial score (nSPS) is 9.58. The van der Waals surface area contributed by atoms with Crippen molar-refractivity contribution in [2.45, 2.75) is 13.8 Å². The summed E-state index contributed by atoms with van der Waals surface area (Å²) in [5.74, 6) is 0. The van der Waals surface area contributed by atoms with E-state index in [2.05, 4.69) is 79.9 Å². The largest absolute Gasteiger partial charge is 0.0985 e. The molecule has 0 heterocycles. The van der Waals surface area contributed by atoms with Gasteiger partial charge in [-0.25, -0.2) is 0 Å². The highest BCUT2D eigenvalue weighted by molar-refractivity contribution is 5.82. The minimum absolute atomic E-state index is 0.940. The van der Waals surface area contributed by atoms with Crippen LogP contribution in [0.25, 0.3) is 27.8 Å². The van der Waals surface area contributed by atoms with Crippen LogP contribution in [0.2, 0.25) is 0 Å². The van der Waals surface area contributed by atoms with E-state index in [4.69, 9.17) is 0 Å². The molecule has 24 heavy (non-hydrogen) atoms. The van der Waals surface area contributed by atoms with Crippen LogP contribution in [0.5, 0.6) is 0 Å². The third kappa shape index (κ3) is 4.11. The molecule has 0 radical (unpaired) electrons. The Morgan fingerprint density at radius 1 is 0.667 bits per heavy atom. The molecule has 3 aromatic carbocycles. The molecule has 3 aromatic rings. The van der Waals surface area contributed by atoms with Gasteiger partial charge in [0.2, 0.25) is 0 Å². The summed E-state index contributed by atoms with van der Waals surface area (Å²) in [7, 11) is 0. The van der Waals surface area contributed by atoms with Gasteiger partial charge in [-0.3, -0.25) is 0 Å². The fourth-order valence-corrected chi connectivity index (χ4v) is 2.53. The van der Waals surface area contributed by atoms with Gasteiger partial charge in [-0.1, -0.05) is 93.7 Å². The van der Waals surface area contributed by atoms with Crippen LogP contribution in [0.3, 0.4) is 0 Å². The number of hydrogen-bond donors (Lipinski definition) is 0. The van der Waals surface area contributed by atoms with Crippen LogP contribution in [-0.2, 0) is 0 Å². The first-order chi connectivity index (χ1) is 11.8. The molecule has 0 atom stereocenters. The van der Waals surface area contributed by atoms with E-state index in [0.717, 1.165) is 11.1 Å². The summed E-state index contributed by atoms with van der Waals surface area (Å²) in [5.41, 5.74) is 6.85. The average Bonchev–Trinajstić information content (AvgIpc) is 2.70. The van der Waals surface area contributed by atoms with Gasteiger partial charge in [0.05, 0.1) is 0 Å². The number of benzene rings is 3. The van der Waals surface area contributed by atoms with E-state index in [1.165, 1.54) is 22.3 Å². The maximum absolute atomic E-state index is 4.09. The van der Waals surface area contributed by atoms with Crippen LogP contribution < -0.4 is 0 Å². The van der Waals surface area contributed by atoms with Gasteiger partial charge in [-0.05, 0) is 51.6 Å². The Labute approximate surface area is 145 Å². The zero-order valence-electron chi connectivity index (χ0n) is 14.5. The van der Waals surface area contributed by atoms with Crippen molar-refractivity contribution in [3.63, 3.8) is 0 Å². The summed E-state index contributed by atoms with van der Waals surface area (Å²) in [5, 5.41) is 0. The molecule has 0 nitrogen and oxygen atoms in total. The third-order valence-electron chi connectivity index (χ3n) is 3.76. The molecule has 0 amide bonds. The van der Waals surface area contributed by atoms with Crippen molar-refractivity contribution in [2.75, 3.05) is 0 Å². The topological polar surface area (TPSA) is 0 Å². The van der Waals surface area contributed by atoms with E-state index in [1.54, 1.807) is 6.08 Å². The Hall–Kier alpha value is -2.86. The molecule has 0 spiro atoms. The quantitative estimate of drug-likeness (QED) is 0.445. The second-order valence-electron chi connectivity index (χ2n) is 5.26. The molecule has 120 valence electrons. The minimum atomic E-state index is 0.940. The lowest BCUT2D eigenvalue weighted by atomic mass is 9.94. The van der Waals surface area contributed by atoms with E-state index in [1.807, 2.05) is 26.0 Å². The van der Waals surface area contributed by atoms with Gasteiger partial charge in [-0.2, -0.15) is 0 Å². The average molecular weight is 312 g/mol. The molecule has 0 saturated heterocycles. The number of rotatable bonds is 4. The Bertz CT molecular complexity index is 738. The predicted molar refractivity (Wildman–Crippen MR) is 108 cm³/mol. The van der Waals surface area contributed by atoms with Crippen molar-refractivity contribution in [1.82, 2.24) is 0 Å². The standard InChI is InChI=1S/C22H18.C2H6/c1-3-17(2)20-14-21(18-10-6-4-7-11-18)16-22(15-20)19-12-8-5-9-13-19;1-2/h3-16H,1-2H2;1-2H3. The maximum atomic E-state index is 4.09. The molecule has 0 saturated carbocycles. The Morgan fingerprint density at radius 2 is 1.08 bits per heavy atom. The van der Waals surface area contributed by atoms with Gasteiger partial charge in [-0.15, -0.1) is 0 Å². The molecular formula is C24H24. The van der Waals surface area contributed by atoms with Crippen molar-refractivity contribution in [3.8, 4) is 22.3 Å². The van der Waals surface area contributed by atoms with Crippen LogP contribution in [0.1, 0.15) is 19.4 Å². The van der Waals surface area contributed by atoms with Gasteiger partial charge in [0.15, 0.2) is 0 Å². The first-order valence-corrected chi connectivity index (χ1v) is 8.35. The van der Waals surface area contributed by atoms with Crippen LogP contribution in [0.4, 0.5) is 0 Å². The summed E-state index contributed by atoms with van der Waals surface area (Å²) in [6.45, 7) is 11.9. The van der Waals surface area contributed by atoms with E-state index in [0.29, 0.717) is 0 Å². The molecule has 0 aliphatic heterocycles. The summed E-state index contributed by atoms with van der Waals surface area (Å²) >= 11 is 0. The molecule has 0 fully saturated rings. The highest BCUT2D eigenvalue weighted by Gasteiger charge is 2.06. The molecule has 0 N–H and O–H groups in total. The maximum Gasteiger partial charge on any atom is -0.0172 e. The highest BCUT2D eigenvalue weighted by atomic mass is 14.1. The van der Waals surface area contributed by atoms with Crippen molar-refractivity contribution in [2.24, 2.45) is 0 Å². The summed E-state index contributed by atoms with van der Waals surface area (Å²) in [6.07, 6.45) is 1.80.